The molecule has 72 valence electrons. The van der Waals surface area contributed by atoms with Gasteiger partial charge in [0.25, 0.3) is 0 Å². The van der Waals surface area contributed by atoms with Crippen LogP contribution >= 0.6 is 11.6 Å². The van der Waals surface area contributed by atoms with Crippen LogP contribution in [-0.4, -0.2) is 4.98 Å². The van der Waals surface area contributed by atoms with Crippen molar-refractivity contribution in [1.29, 1.82) is 0 Å². The summed E-state index contributed by atoms with van der Waals surface area (Å²) in [4.78, 5) is 4.09. The van der Waals surface area contributed by atoms with E-state index < -0.39 is 0 Å². The molecular formula is C11H16ClN. The van der Waals surface area contributed by atoms with Gasteiger partial charge in [0, 0.05) is 12.4 Å². The zero-order valence-corrected chi connectivity index (χ0v) is 9.17. The van der Waals surface area contributed by atoms with Gasteiger partial charge in [-0.15, -0.1) is 11.6 Å². The van der Waals surface area contributed by atoms with Gasteiger partial charge in [-0.2, -0.15) is 0 Å². The van der Waals surface area contributed by atoms with Gasteiger partial charge in [0.15, 0.2) is 0 Å². The second-order valence-electron chi connectivity index (χ2n) is 3.83. The first-order valence-corrected chi connectivity index (χ1v) is 5.09. The average Bonchev–Trinajstić information content (AvgIpc) is 2.03. The maximum Gasteiger partial charge on any atom is 0.0605 e. The Bertz CT molecular complexity index is 271. The predicted octanol–water partition coefficient (Wildman–Crippen LogP) is 3.72. The zero-order chi connectivity index (χ0) is 9.84. The molecular weight excluding hydrogens is 182 g/mol. The van der Waals surface area contributed by atoms with Gasteiger partial charge >= 0.3 is 0 Å². The Labute approximate surface area is 85.1 Å². The van der Waals surface area contributed by atoms with Gasteiger partial charge in [0.05, 0.1) is 5.38 Å². The largest absolute Gasteiger partial charge is 0.264 e. The van der Waals surface area contributed by atoms with Crippen LogP contribution in [0.3, 0.4) is 0 Å². The molecule has 1 rings (SSSR count). The summed E-state index contributed by atoms with van der Waals surface area (Å²) in [6, 6.07) is 2.00. The number of aryl methyl sites for hydroxylation is 1. The van der Waals surface area contributed by atoms with E-state index in [-0.39, 0.29) is 5.38 Å². The molecule has 1 aromatic rings. The maximum atomic E-state index is 6.27. The minimum Gasteiger partial charge on any atom is -0.264 e. The molecule has 1 unspecified atom stereocenters. The summed E-state index contributed by atoms with van der Waals surface area (Å²) in [5, 5.41) is 0.105. The number of pyridine rings is 1. The SMILES string of the molecule is Cc1ccncc1C(Cl)CC(C)C. The van der Waals surface area contributed by atoms with Gasteiger partial charge in [-0.3, -0.25) is 4.98 Å². The number of halogens is 1. The number of rotatable bonds is 3. The van der Waals surface area contributed by atoms with Crippen molar-refractivity contribution in [3.63, 3.8) is 0 Å². The highest BCUT2D eigenvalue weighted by Gasteiger charge is 2.11. The molecule has 1 atom stereocenters. The number of hydrogen-bond donors (Lipinski definition) is 0. The van der Waals surface area contributed by atoms with Crippen LogP contribution in [0.4, 0.5) is 0 Å². The van der Waals surface area contributed by atoms with E-state index in [2.05, 4.69) is 25.8 Å². The first-order chi connectivity index (χ1) is 6.11. The van der Waals surface area contributed by atoms with Crippen molar-refractivity contribution in [3.05, 3.63) is 29.6 Å². The molecule has 0 radical (unpaired) electrons. The van der Waals surface area contributed by atoms with Crippen LogP contribution in [0.25, 0.3) is 0 Å². The predicted molar refractivity (Wildman–Crippen MR) is 57.0 cm³/mol. The van der Waals surface area contributed by atoms with E-state index in [9.17, 15) is 0 Å². The highest BCUT2D eigenvalue weighted by atomic mass is 35.5. The smallest absolute Gasteiger partial charge is 0.0605 e. The van der Waals surface area contributed by atoms with Gasteiger partial charge in [-0.1, -0.05) is 13.8 Å². The van der Waals surface area contributed by atoms with Crippen LogP contribution in [0.5, 0.6) is 0 Å². The Hall–Kier alpha value is -0.560. The lowest BCUT2D eigenvalue weighted by atomic mass is 10.0. The Balaban J connectivity index is 2.76. The Kier molecular flexibility index (Phi) is 3.73. The average molecular weight is 198 g/mol. The monoisotopic (exact) mass is 197 g/mol. The number of nitrogens with zero attached hydrogens (tertiary/aromatic N) is 1. The van der Waals surface area contributed by atoms with Crippen LogP contribution < -0.4 is 0 Å². The summed E-state index contributed by atoms with van der Waals surface area (Å²) in [5.41, 5.74) is 2.40. The molecule has 1 nitrogen and oxygen atoms in total. The van der Waals surface area contributed by atoms with Crippen LogP contribution in [-0.2, 0) is 0 Å². The van der Waals surface area contributed by atoms with Crippen molar-refractivity contribution in [1.82, 2.24) is 4.98 Å². The molecule has 13 heavy (non-hydrogen) atoms. The number of alkyl halides is 1. The van der Waals surface area contributed by atoms with Gasteiger partial charge in [0.1, 0.15) is 0 Å². The van der Waals surface area contributed by atoms with Crippen LogP contribution in [0.2, 0.25) is 0 Å². The lowest BCUT2D eigenvalue weighted by Gasteiger charge is -2.13. The second kappa shape index (κ2) is 4.61. The van der Waals surface area contributed by atoms with Crippen molar-refractivity contribution < 1.29 is 0 Å². The first-order valence-electron chi connectivity index (χ1n) is 4.66. The molecule has 0 aliphatic rings. The van der Waals surface area contributed by atoms with Crippen LogP contribution in [0, 0.1) is 12.8 Å². The lowest BCUT2D eigenvalue weighted by molar-refractivity contribution is 0.573. The molecule has 0 bridgehead atoms. The highest BCUT2D eigenvalue weighted by molar-refractivity contribution is 6.20. The van der Waals surface area contributed by atoms with E-state index in [0.717, 1.165) is 12.0 Å². The molecule has 0 aliphatic carbocycles. The van der Waals surface area contributed by atoms with E-state index in [1.165, 1.54) is 5.56 Å². The molecule has 0 saturated heterocycles. The highest BCUT2D eigenvalue weighted by Crippen LogP contribution is 2.28. The van der Waals surface area contributed by atoms with Crippen LogP contribution in [0.15, 0.2) is 18.5 Å². The minimum atomic E-state index is 0.105. The molecule has 2 heteroatoms. The van der Waals surface area contributed by atoms with Crippen molar-refractivity contribution in [2.45, 2.75) is 32.6 Å². The summed E-state index contributed by atoms with van der Waals surface area (Å²) in [5.74, 6) is 0.627. The van der Waals surface area contributed by atoms with Crippen molar-refractivity contribution in [3.8, 4) is 0 Å². The van der Waals surface area contributed by atoms with E-state index >= 15 is 0 Å². The summed E-state index contributed by atoms with van der Waals surface area (Å²) in [6.07, 6.45) is 4.68. The maximum absolute atomic E-state index is 6.27. The van der Waals surface area contributed by atoms with Gasteiger partial charge in [-0.05, 0) is 36.5 Å². The van der Waals surface area contributed by atoms with Gasteiger partial charge < -0.3 is 0 Å². The zero-order valence-electron chi connectivity index (χ0n) is 8.42. The van der Waals surface area contributed by atoms with E-state index in [0.29, 0.717) is 5.92 Å². The molecule has 1 heterocycles. The Morgan fingerprint density at radius 3 is 2.69 bits per heavy atom. The summed E-state index contributed by atoms with van der Waals surface area (Å²) in [7, 11) is 0. The van der Waals surface area contributed by atoms with E-state index in [1.807, 2.05) is 12.3 Å². The third-order valence-electron chi connectivity index (χ3n) is 2.10. The molecule has 1 aromatic heterocycles. The van der Waals surface area contributed by atoms with E-state index in [4.69, 9.17) is 11.6 Å². The molecule has 0 spiro atoms. The van der Waals surface area contributed by atoms with Crippen molar-refractivity contribution >= 4 is 11.6 Å². The van der Waals surface area contributed by atoms with Gasteiger partial charge in [0.2, 0.25) is 0 Å². The molecule has 0 N–H and O–H groups in total. The molecule has 0 amide bonds. The quantitative estimate of drug-likeness (QED) is 0.674. The fraction of sp³-hybridized carbons (Fsp3) is 0.545. The molecule has 0 aromatic carbocycles. The fourth-order valence-corrected chi connectivity index (χ4v) is 1.93. The molecule has 0 aliphatic heterocycles. The summed E-state index contributed by atoms with van der Waals surface area (Å²) in [6.45, 7) is 6.44. The second-order valence-corrected chi connectivity index (χ2v) is 4.36. The summed E-state index contributed by atoms with van der Waals surface area (Å²) >= 11 is 6.27. The minimum absolute atomic E-state index is 0.105. The number of hydrogen-bond acceptors (Lipinski definition) is 1. The Morgan fingerprint density at radius 1 is 1.46 bits per heavy atom. The molecule has 0 fully saturated rings. The van der Waals surface area contributed by atoms with Crippen molar-refractivity contribution in [2.24, 2.45) is 5.92 Å². The van der Waals surface area contributed by atoms with Gasteiger partial charge in [-0.25, -0.2) is 0 Å². The lowest BCUT2D eigenvalue weighted by Crippen LogP contribution is -1.99. The number of aromatic nitrogens is 1. The fourth-order valence-electron chi connectivity index (χ4n) is 1.34. The summed E-state index contributed by atoms with van der Waals surface area (Å²) < 4.78 is 0. The third-order valence-corrected chi connectivity index (χ3v) is 2.51. The van der Waals surface area contributed by atoms with Crippen LogP contribution in [0.1, 0.15) is 36.8 Å². The first kappa shape index (κ1) is 10.5. The normalized spacial score (nSPS) is 13.3. The Morgan fingerprint density at radius 2 is 2.15 bits per heavy atom. The standard InChI is InChI=1S/C11H16ClN/c1-8(2)6-11(12)10-7-13-5-4-9(10)3/h4-5,7-8,11H,6H2,1-3H3. The van der Waals surface area contributed by atoms with Crippen molar-refractivity contribution in [2.75, 3.05) is 0 Å². The molecule has 0 saturated carbocycles. The topological polar surface area (TPSA) is 12.9 Å². The third kappa shape index (κ3) is 3.00. The van der Waals surface area contributed by atoms with E-state index in [1.54, 1.807) is 6.20 Å².